The van der Waals surface area contributed by atoms with Gasteiger partial charge in [-0.2, -0.15) is 0 Å². The molecule has 5 nitrogen and oxygen atoms in total. The number of fused-ring (bicyclic) bond motifs is 1. The van der Waals surface area contributed by atoms with Crippen LogP contribution in [0.3, 0.4) is 0 Å². The topological polar surface area (TPSA) is 77.8 Å². The van der Waals surface area contributed by atoms with Gasteiger partial charge in [0.25, 0.3) is 5.91 Å². The smallest absolute Gasteiger partial charge is 0.313 e. The summed E-state index contributed by atoms with van der Waals surface area (Å²) in [5.74, 6) is -2.18. The predicted octanol–water partition coefficient (Wildman–Crippen LogP) is 4.27. The monoisotopic (exact) mass is 429 g/mol. The maximum atomic E-state index is 13.8. The van der Waals surface area contributed by atoms with Crippen molar-refractivity contribution in [3.05, 3.63) is 106 Å². The van der Waals surface area contributed by atoms with E-state index in [1.54, 1.807) is 29.2 Å². The summed E-state index contributed by atoms with van der Waals surface area (Å²) in [5.41, 5.74) is 4.65. The second-order valence-electron chi connectivity index (χ2n) is 8.45. The second kappa shape index (κ2) is 8.97. The Morgan fingerprint density at radius 2 is 1.66 bits per heavy atom. The van der Waals surface area contributed by atoms with E-state index in [9.17, 15) is 19.8 Å². The highest BCUT2D eigenvalue weighted by Crippen LogP contribution is 2.45. The molecule has 4 rings (SSSR count). The van der Waals surface area contributed by atoms with E-state index in [4.69, 9.17) is 0 Å². The van der Waals surface area contributed by atoms with Crippen molar-refractivity contribution in [2.24, 2.45) is 0 Å². The lowest BCUT2D eigenvalue weighted by molar-refractivity contribution is -0.141. The van der Waals surface area contributed by atoms with Crippen LogP contribution < -0.4 is 0 Å². The van der Waals surface area contributed by atoms with Crippen molar-refractivity contribution in [2.75, 3.05) is 6.61 Å². The molecule has 0 fully saturated rings. The molecule has 0 aromatic heterocycles. The van der Waals surface area contributed by atoms with Crippen LogP contribution in [0.15, 0.2) is 72.8 Å². The van der Waals surface area contributed by atoms with Crippen LogP contribution in [0.5, 0.6) is 0 Å². The van der Waals surface area contributed by atoms with Gasteiger partial charge in [-0.05, 0) is 48.6 Å². The molecule has 0 saturated carbocycles. The molecule has 164 valence electrons. The Hall–Kier alpha value is -3.44. The fourth-order valence-corrected chi connectivity index (χ4v) is 4.84. The summed E-state index contributed by atoms with van der Waals surface area (Å²) in [5, 5.41) is 20.7. The van der Waals surface area contributed by atoms with Crippen LogP contribution in [-0.2, 0) is 11.2 Å². The number of benzene rings is 3. The molecule has 1 aliphatic rings. The van der Waals surface area contributed by atoms with Crippen LogP contribution >= 0.6 is 0 Å². The van der Waals surface area contributed by atoms with E-state index in [1.807, 2.05) is 62.4 Å². The van der Waals surface area contributed by atoms with Crippen molar-refractivity contribution in [3.8, 4) is 0 Å². The highest BCUT2D eigenvalue weighted by Gasteiger charge is 2.47. The maximum Gasteiger partial charge on any atom is 0.313 e. The molecule has 0 aliphatic carbocycles. The van der Waals surface area contributed by atoms with Gasteiger partial charge in [0, 0.05) is 5.56 Å². The standard InChI is InChI=1S/C27H27NO4/c1-17-12-13-21(18(2)14-17)25-24(27(31)32)22-10-6-7-11-23(22)26(30)28(25)20(16-29)15-19-8-4-3-5-9-19/h3-14,20,24-25,29H,15-16H2,1-2H3,(H,31,32)/t20-,24+,25-/m0/s1. The zero-order valence-electron chi connectivity index (χ0n) is 18.2. The number of aliphatic hydroxyl groups is 1. The van der Waals surface area contributed by atoms with Crippen LogP contribution in [0.1, 0.15) is 50.1 Å². The van der Waals surface area contributed by atoms with Crippen molar-refractivity contribution in [1.29, 1.82) is 0 Å². The van der Waals surface area contributed by atoms with Gasteiger partial charge < -0.3 is 15.1 Å². The van der Waals surface area contributed by atoms with E-state index >= 15 is 0 Å². The highest BCUT2D eigenvalue weighted by molar-refractivity contribution is 6.00. The van der Waals surface area contributed by atoms with E-state index in [-0.39, 0.29) is 12.5 Å². The molecule has 0 radical (unpaired) electrons. The minimum atomic E-state index is -0.990. The number of carboxylic acid groups (broad SMARTS) is 1. The van der Waals surface area contributed by atoms with Gasteiger partial charge in [-0.3, -0.25) is 9.59 Å². The predicted molar refractivity (Wildman–Crippen MR) is 123 cm³/mol. The van der Waals surface area contributed by atoms with Gasteiger partial charge in [0.15, 0.2) is 0 Å². The van der Waals surface area contributed by atoms with Crippen molar-refractivity contribution >= 4 is 11.9 Å². The van der Waals surface area contributed by atoms with Crippen molar-refractivity contribution in [2.45, 2.75) is 38.3 Å². The summed E-state index contributed by atoms with van der Waals surface area (Å²) in [7, 11) is 0. The molecule has 1 aliphatic heterocycles. The van der Waals surface area contributed by atoms with E-state index in [2.05, 4.69) is 0 Å². The first kappa shape index (κ1) is 21.8. The zero-order chi connectivity index (χ0) is 22.8. The van der Waals surface area contributed by atoms with E-state index < -0.39 is 24.0 Å². The first-order valence-electron chi connectivity index (χ1n) is 10.8. The summed E-state index contributed by atoms with van der Waals surface area (Å²) in [6.45, 7) is 3.66. The molecule has 0 spiro atoms. The second-order valence-corrected chi connectivity index (χ2v) is 8.45. The number of hydrogen-bond donors (Lipinski definition) is 2. The number of amides is 1. The fourth-order valence-electron chi connectivity index (χ4n) is 4.84. The molecule has 1 amide bonds. The van der Waals surface area contributed by atoms with Crippen LogP contribution in [0.25, 0.3) is 0 Å². The minimum absolute atomic E-state index is 0.252. The van der Waals surface area contributed by atoms with E-state index in [0.717, 1.165) is 22.3 Å². The Morgan fingerprint density at radius 3 is 2.31 bits per heavy atom. The van der Waals surface area contributed by atoms with Gasteiger partial charge in [0.2, 0.25) is 0 Å². The summed E-state index contributed by atoms with van der Waals surface area (Å²) >= 11 is 0. The zero-order valence-corrected chi connectivity index (χ0v) is 18.2. The molecular formula is C27H27NO4. The first-order chi connectivity index (χ1) is 15.4. The third-order valence-corrected chi connectivity index (χ3v) is 6.30. The highest BCUT2D eigenvalue weighted by atomic mass is 16.4. The number of carbonyl (C=O) groups excluding carboxylic acids is 1. The van der Waals surface area contributed by atoms with Crippen LogP contribution in [-0.4, -0.2) is 39.6 Å². The molecule has 5 heteroatoms. The molecular weight excluding hydrogens is 402 g/mol. The number of aliphatic carboxylic acids is 1. The number of carbonyl (C=O) groups is 2. The average molecular weight is 430 g/mol. The van der Waals surface area contributed by atoms with E-state index in [0.29, 0.717) is 17.5 Å². The van der Waals surface area contributed by atoms with Gasteiger partial charge >= 0.3 is 5.97 Å². The van der Waals surface area contributed by atoms with Gasteiger partial charge in [-0.25, -0.2) is 0 Å². The summed E-state index contributed by atoms with van der Waals surface area (Å²) in [4.78, 5) is 28.0. The molecule has 3 aromatic rings. The molecule has 0 bridgehead atoms. The SMILES string of the molecule is Cc1ccc([C@H]2[C@H](C(=O)O)c3ccccc3C(=O)N2[C@H](CO)Cc2ccccc2)c(C)c1. The van der Waals surface area contributed by atoms with Gasteiger partial charge in [0.05, 0.1) is 18.7 Å². The van der Waals surface area contributed by atoms with Crippen molar-refractivity contribution in [1.82, 2.24) is 4.90 Å². The lowest BCUT2D eigenvalue weighted by atomic mass is 9.77. The summed E-state index contributed by atoms with van der Waals surface area (Å²) in [6.07, 6.45) is 0.430. The Balaban J connectivity index is 1.91. The number of carboxylic acids is 1. The van der Waals surface area contributed by atoms with Crippen LogP contribution in [0.4, 0.5) is 0 Å². The van der Waals surface area contributed by atoms with E-state index in [1.165, 1.54) is 0 Å². The number of aliphatic hydroxyl groups excluding tert-OH is 1. The molecule has 0 unspecified atom stereocenters. The Morgan fingerprint density at radius 1 is 0.969 bits per heavy atom. The lowest BCUT2D eigenvalue weighted by Gasteiger charge is -2.45. The quantitative estimate of drug-likeness (QED) is 0.613. The van der Waals surface area contributed by atoms with Gasteiger partial charge in [-0.15, -0.1) is 0 Å². The number of aryl methyl sites for hydroxylation is 2. The summed E-state index contributed by atoms with van der Waals surface area (Å²) < 4.78 is 0. The average Bonchev–Trinajstić information content (AvgIpc) is 2.78. The number of nitrogens with zero attached hydrogens (tertiary/aromatic N) is 1. The molecule has 3 aromatic carbocycles. The van der Waals surface area contributed by atoms with Crippen molar-refractivity contribution < 1.29 is 19.8 Å². The van der Waals surface area contributed by atoms with Gasteiger partial charge in [0.1, 0.15) is 5.92 Å². The lowest BCUT2D eigenvalue weighted by Crippen LogP contribution is -2.52. The number of hydrogen-bond acceptors (Lipinski definition) is 3. The normalized spacial score (nSPS) is 18.8. The van der Waals surface area contributed by atoms with Crippen molar-refractivity contribution in [3.63, 3.8) is 0 Å². The Kier molecular flexibility index (Phi) is 6.10. The summed E-state index contributed by atoms with van der Waals surface area (Å²) in [6, 6.07) is 21.1. The minimum Gasteiger partial charge on any atom is -0.481 e. The molecule has 3 atom stereocenters. The fraction of sp³-hybridized carbons (Fsp3) is 0.259. The molecule has 0 saturated heterocycles. The first-order valence-corrected chi connectivity index (χ1v) is 10.8. The molecule has 32 heavy (non-hydrogen) atoms. The Bertz CT molecular complexity index is 1140. The van der Waals surface area contributed by atoms with Gasteiger partial charge in [-0.1, -0.05) is 72.3 Å². The maximum absolute atomic E-state index is 13.8. The third kappa shape index (κ3) is 3.92. The third-order valence-electron chi connectivity index (χ3n) is 6.30. The molecule has 2 N–H and O–H groups in total. The van der Waals surface area contributed by atoms with Crippen LogP contribution in [0, 0.1) is 13.8 Å². The molecule has 1 heterocycles. The number of rotatable bonds is 6. The Labute approximate surface area is 187 Å². The van der Waals surface area contributed by atoms with Crippen LogP contribution in [0.2, 0.25) is 0 Å². The largest absolute Gasteiger partial charge is 0.481 e.